The SMILES string of the molecule is COCCCSc1ccc(N)c(C#N)c1. The largest absolute Gasteiger partial charge is 0.398 e. The molecule has 0 bridgehead atoms. The Bertz CT molecular complexity index is 360. The first kappa shape index (κ1) is 11.9. The summed E-state index contributed by atoms with van der Waals surface area (Å²) in [6.07, 6.45) is 1.01. The Morgan fingerprint density at radius 1 is 1.53 bits per heavy atom. The zero-order chi connectivity index (χ0) is 11.1. The number of thioether (sulfide) groups is 1. The fourth-order valence-electron chi connectivity index (χ4n) is 1.12. The molecule has 0 amide bonds. The van der Waals surface area contributed by atoms with Crippen molar-refractivity contribution in [3.05, 3.63) is 23.8 Å². The van der Waals surface area contributed by atoms with Crippen LogP contribution in [0.15, 0.2) is 23.1 Å². The first-order valence-corrected chi connectivity index (χ1v) is 5.68. The predicted octanol–water partition coefficient (Wildman–Crippen LogP) is 2.27. The maximum absolute atomic E-state index is 8.79. The van der Waals surface area contributed by atoms with Gasteiger partial charge in [0, 0.05) is 30.1 Å². The van der Waals surface area contributed by atoms with Gasteiger partial charge in [-0.15, -0.1) is 11.8 Å². The summed E-state index contributed by atoms with van der Waals surface area (Å²) in [6, 6.07) is 7.61. The lowest BCUT2D eigenvalue weighted by Gasteiger charge is -2.03. The number of nitrogens with two attached hydrogens (primary N) is 1. The standard InChI is InChI=1S/C11H14N2OS/c1-14-5-2-6-15-10-3-4-11(13)9(7-10)8-12/h3-4,7H,2,5-6,13H2,1H3. The third kappa shape index (κ3) is 3.82. The van der Waals surface area contributed by atoms with Crippen molar-refractivity contribution in [3.8, 4) is 6.07 Å². The van der Waals surface area contributed by atoms with E-state index in [-0.39, 0.29) is 0 Å². The maximum Gasteiger partial charge on any atom is 0.101 e. The van der Waals surface area contributed by atoms with E-state index in [0.29, 0.717) is 11.3 Å². The summed E-state index contributed by atoms with van der Waals surface area (Å²) in [4.78, 5) is 1.08. The van der Waals surface area contributed by atoms with Gasteiger partial charge in [0.2, 0.25) is 0 Å². The second-order valence-electron chi connectivity index (χ2n) is 3.06. The monoisotopic (exact) mass is 222 g/mol. The van der Waals surface area contributed by atoms with Crippen LogP contribution >= 0.6 is 11.8 Å². The highest BCUT2D eigenvalue weighted by atomic mass is 32.2. The van der Waals surface area contributed by atoms with Crippen molar-refractivity contribution < 1.29 is 4.74 Å². The van der Waals surface area contributed by atoms with E-state index in [1.165, 1.54) is 0 Å². The highest BCUT2D eigenvalue weighted by Gasteiger charge is 2.00. The van der Waals surface area contributed by atoms with Crippen LogP contribution < -0.4 is 5.73 Å². The van der Waals surface area contributed by atoms with E-state index < -0.39 is 0 Å². The van der Waals surface area contributed by atoms with Crippen molar-refractivity contribution >= 4 is 17.4 Å². The molecule has 0 saturated carbocycles. The van der Waals surface area contributed by atoms with E-state index in [0.717, 1.165) is 23.7 Å². The van der Waals surface area contributed by atoms with Crippen LogP contribution in [0.2, 0.25) is 0 Å². The number of nitriles is 1. The molecule has 0 aliphatic rings. The van der Waals surface area contributed by atoms with Crippen LogP contribution in [0.3, 0.4) is 0 Å². The van der Waals surface area contributed by atoms with Gasteiger partial charge in [-0.3, -0.25) is 0 Å². The Kier molecular flexibility index (Phi) is 5.02. The fourth-order valence-corrected chi connectivity index (χ4v) is 1.98. The van der Waals surface area contributed by atoms with E-state index >= 15 is 0 Å². The minimum Gasteiger partial charge on any atom is -0.398 e. The van der Waals surface area contributed by atoms with Crippen molar-refractivity contribution in [2.75, 3.05) is 25.2 Å². The van der Waals surface area contributed by atoms with E-state index in [1.807, 2.05) is 12.1 Å². The smallest absolute Gasteiger partial charge is 0.101 e. The van der Waals surface area contributed by atoms with Crippen LogP contribution in [-0.2, 0) is 4.74 Å². The summed E-state index contributed by atoms with van der Waals surface area (Å²) >= 11 is 1.71. The molecule has 0 aromatic heterocycles. The summed E-state index contributed by atoms with van der Waals surface area (Å²) in [5.41, 5.74) is 6.71. The van der Waals surface area contributed by atoms with Gasteiger partial charge in [-0.25, -0.2) is 0 Å². The van der Waals surface area contributed by atoms with Gasteiger partial charge in [0.1, 0.15) is 6.07 Å². The highest BCUT2D eigenvalue weighted by molar-refractivity contribution is 7.99. The number of benzene rings is 1. The average molecular weight is 222 g/mol. The summed E-state index contributed by atoms with van der Waals surface area (Å²) in [5, 5.41) is 8.79. The van der Waals surface area contributed by atoms with Gasteiger partial charge in [0.25, 0.3) is 0 Å². The van der Waals surface area contributed by atoms with E-state index in [9.17, 15) is 0 Å². The first-order chi connectivity index (χ1) is 7.27. The van der Waals surface area contributed by atoms with Gasteiger partial charge in [-0.1, -0.05) is 0 Å². The molecule has 0 heterocycles. The Balaban J connectivity index is 2.52. The van der Waals surface area contributed by atoms with E-state index in [4.69, 9.17) is 15.7 Å². The van der Waals surface area contributed by atoms with Crippen LogP contribution in [0.1, 0.15) is 12.0 Å². The Hall–Kier alpha value is -1.18. The number of nitrogens with zero attached hydrogens (tertiary/aromatic N) is 1. The van der Waals surface area contributed by atoms with Gasteiger partial charge in [0.15, 0.2) is 0 Å². The van der Waals surface area contributed by atoms with Gasteiger partial charge in [0.05, 0.1) is 5.56 Å². The highest BCUT2D eigenvalue weighted by Crippen LogP contribution is 2.22. The zero-order valence-electron chi connectivity index (χ0n) is 8.69. The molecule has 1 rings (SSSR count). The molecule has 0 unspecified atom stereocenters. The van der Waals surface area contributed by atoms with Crippen molar-refractivity contribution in [2.24, 2.45) is 0 Å². The Morgan fingerprint density at radius 2 is 2.33 bits per heavy atom. The number of nitrogen functional groups attached to an aromatic ring is 1. The molecule has 0 saturated heterocycles. The van der Waals surface area contributed by atoms with Crippen molar-refractivity contribution in [3.63, 3.8) is 0 Å². The Morgan fingerprint density at radius 3 is 3.00 bits per heavy atom. The molecule has 0 radical (unpaired) electrons. The summed E-state index contributed by atoms with van der Waals surface area (Å²) in [7, 11) is 1.70. The van der Waals surface area contributed by atoms with Crippen LogP contribution in [0.4, 0.5) is 5.69 Å². The molecule has 0 fully saturated rings. The summed E-state index contributed by atoms with van der Waals surface area (Å²) in [6.45, 7) is 0.771. The normalized spacial score (nSPS) is 9.87. The number of hydrogen-bond acceptors (Lipinski definition) is 4. The molecule has 80 valence electrons. The van der Waals surface area contributed by atoms with Crippen LogP contribution in [0, 0.1) is 11.3 Å². The molecule has 15 heavy (non-hydrogen) atoms. The second-order valence-corrected chi connectivity index (χ2v) is 4.22. The molecule has 0 aliphatic heterocycles. The van der Waals surface area contributed by atoms with Gasteiger partial charge in [-0.2, -0.15) is 5.26 Å². The zero-order valence-corrected chi connectivity index (χ0v) is 9.51. The lowest BCUT2D eigenvalue weighted by Crippen LogP contribution is -1.92. The number of methoxy groups -OCH3 is 1. The third-order valence-corrected chi connectivity index (χ3v) is 2.99. The van der Waals surface area contributed by atoms with E-state index in [1.54, 1.807) is 24.9 Å². The number of anilines is 1. The van der Waals surface area contributed by atoms with Crippen LogP contribution in [-0.4, -0.2) is 19.5 Å². The quantitative estimate of drug-likeness (QED) is 0.471. The molecule has 0 aliphatic carbocycles. The Labute approximate surface area is 94.2 Å². The maximum atomic E-state index is 8.79. The molecular weight excluding hydrogens is 208 g/mol. The molecular formula is C11H14N2OS. The van der Waals surface area contributed by atoms with Crippen molar-refractivity contribution in [2.45, 2.75) is 11.3 Å². The van der Waals surface area contributed by atoms with Crippen LogP contribution in [0.25, 0.3) is 0 Å². The van der Waals surface area contributed by atoms with E-state index in [2.05, 4.69) is 6.07 Å². The molecule has 1 aromatic rings. The summed E-state index contributed by atoms with van der Waals surface area (Å²) < 4.78 is 4.96. The van der Waals surface area contributed by atoms with Crippen LogP contribution in [0.5, 0.6) is 0 Å². The second kappa shape index (κ2) is 6.33. The molecule has 0 spiro atoms. The lowest BCUT2D eigenvalue weighted by atomic mass is 10.2. The molecule has 4 heteroatoms. The lowest BCUT2D eigenvalue weighted by molar-refractivity contribution is 0.200. The number of ether oxygens (including phenoxy) is 1. The number of rotatable bonds is 5. The third-order valence-electron chi connectivity index (χ3n) is 1.91. The minimum atomic E-state index is 0.541. The molecule has 0 atom stereocenters. The molecule has 1 aromatic carbocycles. The fraction of sp³-hybridized carbons (Fsp3) is 0.364. The molecule has 3 nitrogen and oxygen atoms in total. The summed E-state index contributed by atoms with van der Waals surface area (Å²) in [5.74, 6) is 0.989. The van der Waals surface area contributed by atoms with Gasteiger partial charge < -0.3 is 10.5 Å². The molecule has 2 N–H and O–H groups in total. The van der Waals surface area contributed by atoms with Gasteiger partial charge >= 0.3 is 0 Å². The minimum absolute atomic E-state index is 0.541. The topological polar surface area (TPSA) is 59.0 Å². The average Bonchev–Trinajstić information content (AvgIpc) is 2.26. The predicted molar refractivity (Wildman–Crippen MR) is 62.8 cm³/mol. The number of hydrogen-bond donors (Lipinski definition) is 1. The van der Waals surface area contributed by atoms with Crippen molar-refractivity contribution in [1.82, 2.24) is 0 Å². The van der Waals surface area contributed by atoms with Crippen molar-refractivity contribution in [1.29, 1.82) is 5.26 Å². The first-order valence-electron chi connectivity index (χ1n) is 4.69. The van der Waals surface area contributed by atoms with Gasteiger partial charge in [-0.05, 0) is 24.6 Å².